The molecule has 0 aromatic carbocycles. The van der Waals surface area contributed by atoms with Gasteiger partial charge >= 0.3 is 6.03 Å². The predicted octanol–water partition coefficient (Wildman–Crippen LogP) is 5.22. The Hall–Kier alpha value is -2.36. The van der Waals surface area contributed by atoms with Gasteiger partial charge < -0.3 is 20.9 Å². The third-order valence-corrected chi connectivity index (χ3v) is 11.8. The molecule has 0 atom stereocenters. The van der Waals surface area contributed by atoms with Crippen LogP contribution in [0.3, 0.4) is 0 Å². The lowest BCUT2D eigenvalue weighted by Gasteiger charge is -2.38. The minimum atomic E-state index is -0.207. The van der Waals surface area contributed by atoms with Gasteiger partial charge in [-0.1, -0.05) is 6.42 Å². The lowest BCUT2D eigenvalue weighted by Crippen LogP contribution is -2.57. The summed E-state index contributed by atoms with van der Waals surface area (Å²) >= 11 is 0. The van der Waals surface area contributed by atoms with Gasteiger partial charge in [0.1, 0.15) is 0 Å². The van der Waals surface area contributed by atoms with Gasteiger partial charge in [-0.05, 0) is 170 Å². The largest absolute Gasteiger partial charge is 0.354 e. The van der Waals surface area contributed by atoms with Gasteiger partial charge in [0.2, 0.25) is 17.7 Å². The molecule has 14 heteroatoms. The van der Waals surface area contributed by atoms with Gasteiger partial charge in [0.05, 0.1) is 19.6 Å². The smallest absolute Gasteiger partial charge is 0.317 e. The first-order chi connectivity index (χ1) is 27.9. The van der Waals surface area contributed by atoms with Crippen molar-refractivity contribution >= 4 is 23.8 Å². The molecule has 0 spiro atoms. The summed E-state index contributed by atoms with van der Waals surface area (Å²) in [7, 11) is 0. The van der Waals surface area contributed by atoms with Crippen LogP contribution in [0.2, 0.25) is 0 Å². The normalized spacial score (nSPS) is 21.8. The summed E-state index contributed by atoms with van der Waals surface area (Å²) in [6, 6.07) is 0.414. The van der Waals surface area contributed by atoms with Gasteiger partial charge in [-0.15, -0.1) is 0 Å². The predicted molar refractivity (Wildman–Crippen MR) is 254 cm³/mol. The maximum Gasteiger partial charge on any atom is 0.317 e. The molecule has 5 amide bonds. The minimum absolute atomic E-state index is 0.0741. The van der Waals surface area contributed by atoms with Crippen LogP contribution in [0.5, 0.6) is 0 Å². The van der Waals surface area contributed by atoms with Crippen molar-refractivity contribution in [2.24, 2.45) is 0 Å². The molecule has 6 aliphatic heterocycles. The fourth-order valence-corrected chi connectivity index (χ4v) is 7.59. The SMILES string of the molecule is CC(C)(C)N1CC(=O)NC(=O)C1.CC(C)(C)N1CCCC1.CC(C)(C)N1CCCCC1.CC(C)(C)N1CCNC(=O)C1.CC(C)(C)N1CCNCC1.CC(C)N1CCNC1=O. The molecule has 358 valence electrons. The first-order valence-electron chi connectivity index (χ1n) is 23.5. The number of amides is 5. The van der Waals surface area contributed by atoms with Crippen LogP contribution in [-0.4, -0.2) is 185 Å². The van der Waals surface area contributed by atoms with Crippen LogP contribution >= 0.6 is 0 Å². The molecule has 0 aromatic rings. The minimum Gasteiger partial charge on any atom is -0.354 e. The summed E-state index contributed by atoms with van der Waals surface area (Å²) in [6.45, 7) is 51.5. The van der Waals surface area contributed by atoms with Crippen LogP contribution in [0.1, 0.15) is 150 Å². The third kappa shape index (κ3) is 23.8. The molecule has 4 N–H and O–H groups in total. The first-order valence-corrected chi connectivity index (χ1v) is 23.5. The molecule has 6 aliphatic rings. The number of carbonyl (C=O) groups excluding carboxylic acids is 4. The van der Waals surface area contributed by atoms with E-state index in [-0.39, 0.29) is 34.8 Å². The number of hydrogen-bond donors (Lipinski definition) is 4. The molecule has 14 nitrogen and oxygen atoms in total. The van der Waals surface area contributed by atoms with E-state index in [9.17, 15) is 19.2 Å². The summed E-state index contributed by atoms with van der Waals surface area (Å²) in [5, 5.41) is 11.1. The van der Waals surface area contributed by atoms with Crippen molar-refractivity contribution in [1.82, 2.24) is 50.7 Å². The third-order valence-electron chi connectivity index (χ3n) is 11.8. The molecule has 6 heterocycles. The molecule has 0 unspecified atom stereocenters. The maximum atomic E-state index is 11.0. The number of piperidine rings is 1. The Morgan fingerprint density at radius 2 is 0.738 bits per heavy atom. The van der Waals surface area contributed by atoms with Crippen LogP contribution in [-0.2, 0) is 14.4 Å². The van der Waals surface area contributed by atoms with Crippen molar-refractivity contribution in [2.75, 3.05) is 98.2 Å². The van der Waals surface area contributed by atoms with Gasteiger partial charge in [0, 0.05) is 86.1 Å². The highest BCUT2D eigenvalue weighted by Gasteiger charge is 2.31. The maximum absolute atomic E-state index is 11.0. The second-order valence-electron chi connectivity index (χ2n) is 22.5. The summed E-state index contributed by atoms with van der Waals surface area (Å²) in [4.78, 5) is 57.2. The molecule has 6 fully saturated rings. The molecular weight excluding hydrogens is 769 g/mol. The zero-order valence-electron chi connectivity index (χ0n) is 42.5. The van der Waals surface area contributed by atoms with E-state index < -0.39 is 0 Å². The van der Waals surface area contributed by atoms with Crippen LogP contribution in [0.15, 0.2) is 0 Å². The van der Waals surface area contributed by atoms with Gasteiger partial charge in [-0.3, -0.25) is 44.2 Å². The number of piperazine rings is 3. The quantitative estimate of drug-likeness (QED) is 0.260. The van der Waals surface area contributed by atoms with E-state index >= 15 is 0 Å². The van der Waals surface area contributed by atoms with E-state index in [1.165, 1.54) is 71.4 Å². The number of likely N-dealkylation sites (tertiary alicyclic amines) is 2. The highest BCUT2D eigenvalue weighted by atomic mass is 16.2. The average molecular weight is 865 g/mol. The van der Waals surface area contributed by atoms with E-state index in [1.54, 1.807) is 0 Å². The fourth-order valence-electron chi connectivity index (χ4n) is 7.59. The molecule has 0 bridgehead atoms. The standard InChI is InChI=1S/C9H19N.C8H14N2O2.C8H16N2O.C8H18N2.C8H17N.C6H12N2O/c1-9(2,3)10-7-5-4-6-8-10;1-8(2,3)10-4-6(11)9-7(12)5-10;1-8(2,3)10-5-4-9-7(11)6-10;1-8(2,3)10-6-4-9-5-7-10;1-8(2,3)9-6-4-5-7-9;1-5(2)8-4-3-7-6(8)9/h4-8H2,1-3H3;4-5H2,1-3H3,(H,9,11,12);4-6H2,1-3H3,(H,9,11);9H,4-7H2,1-3H3;4-7H2,1-3H3;5H,3-4H2,1-2H3,(H,7,9). The average Bonchev–Trinajstić information content (AvgIpc) is 3.85. The zero-order chi connectivity index (χ0) is 46.8. The molecule has 0 saturated carbocycles. The summed E-state index contributed by atoms with van der Waals surface area (Å²) < 4.78 is 0. The van der Waals surface area contributed by atoms with Crippen molar-refractivity contribution in [3.8, 4) is 0 Å². The van der Waals surface area contributed by atoms with E-state index in [0.717, 1.165) is 39.3 Å². The van der Waals surface area contributed by atoms with Gasteiger partial charge in [0.25, 0.3) is 0 Å². The number of nitrogens with one attached hydrogen (secondary N) is 4. The number of carbonyl (C=O) groups is 4. The summed E-state index contributed by atoms with van der Waals surface area (Å²) in [6.07, 6.45) is 7.04. The number of urea groups is 1. The van der Waals surface area contributed by atoms with Crippen molar-refractivity contribution in [2.45, 2.75) is 184 Å². The number of nitrogens with zero attached hydrogens (tertiary/aromatic N) is 6. The number of hydrogen-bond acceptors (Lipinski definition) is 10. The fraction of sp³-hybridized carbons (Fsp3) is 0.915. The van der Waals surface area contributed by atoms with Crippen LogP contribution in [0.25, 0.3) is 0 Å². The second-order valence-corrected chi connectivity index (χ2v) is 22.5. The Bertz CT molecular complexity index is 1240. The van der Waals surface area contributed by atoms with Crippen molar-refractivity contribution < 1.29 is 19.2 Å². The Morgan fingerprint density at radius 1 is 0.393 bits per heavy atom. The molecule has 6 rings (SSSR count). The lowest BCUT2D eigenvalue weighted by atomic mass is 10.0. The second kappa shape index (κ2) is 25.8. The van der Waals surface area contributed by atoms with Crippen LogP contribution in [0, 0.1) is 0 Å². The Kier molecular flexibility index (Phi) is 24.0. The molecule has 0 aromatic heterocycles. The van der Waals surface area contributed by atoms with Gasteiger partial charge in [-0.2, -0.15) is 0 Å². The molecular formula is C47H96N10O4. The van der Waals surface area contributed by atoms with Crippen molar-refractivity contribution in [3.05, 3.63) is 0 Å². The Balaban J connectivity index is 0.000000367. The van der Waals surface area contributed by atoms with E-state index in [2.05, 4.69) is 124 Å². The summed E-state index contributed by atoms with van der Waals surface area (Å²) in [5.41, 5.74) is 1.18. The molecule has 0 aliphatic carbocycles. The number of imide groups is 1. The van der Waals surface area contributed by atoms with E-state index in [4.69, 9.17) is 0 Å². The van der Waals surface area contributed by atoms with Crippen molar-refractivity contribution in [1.29, 1.82) is 0 Å². The summed E-state index contributed by atoms with van der Waals surface area (Å²) in [5.74, 6) is -0.270. The Labute approximate surface area is 374 Å². The van der Waals surface area contributed by atoms with E-state index in [0.29, 0.717) is 42.3 Å². The Morgan fingerprint density at radius 3 is 1.02 bits per heavy atom. The highest BCUT2D eigenvalue weighted by molar-refractivity contribution is 5.99. The van der Waals surface area contributed by atoms with Crippen molar-refractivity contribution in [3.63, 3.8) is 0 Å². The van der Waals surface area contributed by atoms with Gasteiger partial charge in [-0.25, -0.2) is 4.79 Å². The first kappa shape index (κ1) is 56.7. The number of rotatable bonds is 1. The van der Waals surface area contributed by atoms with Crippen LogP contribution in [0.4, 0.5) is 4.79 Å². The molecule has 0 radical (unpaired) electrons. The zero-order valence-corrected chi connectivity index (χ0v) is 42.5. The molecule has 6 saturated heterocycles. The lowest BCUT2D eigenvalue weighted by molar-refractivity contribution is -0.138. The van der Waals surface area contributed by atoms with Crippen LogP contribution < -0.4 is 21.3 Å². The van der Waals surface area contributed by atoms with Gasteiger partial charge in [0.15, 0.2) is 0 Å². The highest BCUT2D eigenvalue weighted by Crippen LogP contribution is 2.20. The molecule has 61 heavy (non-hydrogen) atoms. The monoisotopic (exact) mass is 865 g/mol. The topological polar surface area (TPSA) is 136 Å². The van der Waals surface area contributed by atoms with E-state index in [1.807, 2.05) is 44.4 Å².